The number of carbonyl (C=O) groups excluding carboxylic acids is 1. The summed E-state index contributed by atoms with van der Waals surface area (Å²) in [5.74, 6) is -0.304. The van der Waals surface area contributed by atoms with Crippen LogP contribution in [0.25, 0.3) is 0 Å². The Kier molecular flexibility index (Phi) is 5.37. The maximum Gasteiger partial charge on any atom is 0.327 e. The van der Waals surface area contributed by atoms with E-state index in [0.717, 1.165) is 11.1 Å². The van der Waals surface area contributed by atoms with Gasteiger partial charge in [-0.25, -0.2) is 4.79 Å². The van der Waals surface area contributed by atoms with Gasteiger partial charge in [0.15, 0.2) is 0 Å². The monoisotopic (exact) mass is 303 g/mol. The third-order valence-corrected chi connectivity index (χ3v) is 3.61. The minimum absolute atomic E-state index is 0.00780. The molecule has 0 aliphatic carbocycles. The fraction of sp³-hybridized carbons (Fsp3) is 0.235. The van der Waals surface area contributed by atoms with Gasteiger partial charge >= 0.3 is 5.97 Å². The minimum Gasteiger partial charge on any atom is -0.468 e. The lowest BCUT2D eigenvalue weighted by molar-refractivity contribution is -0.143. The van der Waals surface area contributed by atoms with Crippen LogP contribution in [0.1, 0.15) is 30.1 Å². The van der Waals surface area contributed by atoms with Crippen molar-refractivity contribution in [3.8, 4) is 0 Å². The van der Waals surface area contributed by atoms with Crippen molar-refractivity contribution in [2.75, 3.05) is 7.11 Å². The maximum absolute atomic E-state index is 12.0. The molecule has 0 aliphatic rings. The zero-order chi connectivity index (χ0) is 15.2. The molecule has 0 bridgehead atoms. The summed E-state index contributed by atoms with van der Waals surface area (Å²) < 4.78 is 4.90. The number of rotatable bonds is 5. The summed E-state index contributed by atoms with van der Waals surface area (Å²) in [6, 6.07) is 16.6. The van der Waals surface area contributed by atoms with Crippen LogP contribution in [-0.2, 0) is 9.53 Å². The van der Waals surface area contributed by atoms with Crippen LogP contribution >= 0.6 is 11.6 Å². The van der Waals surface area contributed by atoms with Gasteiger partial charge in [0.05, 0.1) is 7.11 Å². The molecule has 0 heterocycles. The summed E-state index contributed by atoms with van der Waals surface area (Å²) in [7, 11) is 1.40. The fourth-order valence-electron chi connectivity index (χ4n) is 2.16. The Hall–Kier alpha value is -1.84. The summed E-state index contributed by atoms with van der Waals surface area (Å²) in [6.45, 7) is 2.00. The van der Waals surface area contributed by atoms with Crippen molar-refractivity contribution in [3.63, 3.8) is 0 Å². The fourth-order valence-corrected chi connectivity index (χ4v) is 2.29. The summed E-state index contributed by atoms with van der Waals surface area (Å²) >= 11 is 5.90. The zero-order valence-corrected chi connectivity index (χ0v) is 12.8. The smallest absolute Gasteiger partial charge is 0.327 e. The highest BCUT2D eigenvalue weighted by molar-refractivity contribution is 6.30. The van der Waals surface area contributed by atoms with Crippen molar-refractivity contribution in [3.05, 3.63) is 70.7 Å². The molecule has 0 fully saturated rings. The molecule has 110 valence electrons. The number of benzene rings is 2. The largest absolute Gasteiger partial charge is 0.468 e. The molecule has 0 saturated carbocycles. The highest BCUT2D eigenvalue weighted by Gasteiger charge is 2.23. The van der Waals surface area contributed by atoms with Crippen molar-refractivity contribution in [1.82, 2.24) is 5.32 Å². The normalized spacial score (nSPS) is 13.5. The first kappa shape index (κ1) is 15.5. The molecule has 21 heavy (non-hydrogen) atoms. The Balaban J connectivity index is 2.19. The molecule has 2 rings (SSSR count). The van der Waals surface area contributed by atoms with E-state index in [0.29, 0.717) is 5.02 Å². The van der Waals surface area contributed by atoms with E-state index < -0.39 is 6.04 Å². The van der Waals surface area contributed by atoms with Crippen molar-refractivity contribution < 1.29 is 9.53 Å². The Labute approximate surface area is 129 Å². The Morgan fingerprint density at radius 2 is 1.67 bits per heavy atom. The van der Waals surface area contributed by atoms with Crippen LogP contribution < -0.4 is 5.32 Å². The lowest BCUT2D eigenvalue weighted by atomic mass is 10.0. The Morgan fingerprint density at radius 1 is 1.05 bits per heavy atom. The number of ether oxygens (including phenoxy) is 1. The van der Waals surface area contributed by atoms with Crippen molar-refractivity contribution >= 4 is 17.6 Å². The van der Waals surface area contributed by atoms with Gasteiger partial charge in [-0.05, 0) is 30.2 Å². The third-order valence-electron chi connectivity index (χ3n) is 3.36. The summed E-state index contributed by atoms with van der Waals surface area (Å²) in [4.78, 5) is 12.0. The molecule has 4 heteroatoms. The minimum atomic E-state index is -0.498. The van der Waals surface area contributed by atoms with E-state index in [9.17, 15) is 4.79 Å². The first-order valence-electron chi connectivity index (χ1n) is 6.76. The molecule has 2 aromatic carbocycles. The molecule has 2 aromatic rings. The van der Waals surface area contributed by atoms with Crippen molar-refractivity contribution in [2.45, 2.75) is 19.0 Å². The van der Waals surface area contributed by atoms with E-state index in [1.807, 2.05) is 61.5 Å². The van der Waals surface area contributed by atoms with E-state index in [1.165, 1.54) is 7.11 Å². The summed E-state index contributed by atoms with van der Waals surface area (Å²) in [5, 5.41) is 4.00. The molecule has 0 amide bonds. The van der Waals surface area contributed by atoms with Crippen LogP contribution in [0.2, 0.25) is 5.02 Å². The lowest BCUT2D eigenvalue weighted by Crippen LogP contribution is -2.31. The van der Waals surface area contributed by atoms with Gasteiger partial charge in [-0.2, -0.15) is 0 Å². The SMILES string of the molecule is COC(=O)C(NC(C)c1ccc(Cl)cc1)c1ccccc1. The number of nitrogens with one attached hydrogen (secondary N) is 1. The van der Waals surface area contributed by atoms with Gasteiger partial charge in [-0.15, -0.1) is 0 Å². The van der Waals surface area contributed by atoms with Crippen LogP contribution in [0.4, 0.5) is 0 Å². The molecular weight excluding hydrogens is 286 g/mol. The summed E-state index contributed by atoms with van der Waals surface area (Å²) in [6.07, 6.45) is 0. The molecule has 2 atom stereocenters. The van der Waals surface area contributed by atoms with Crippen LogP contribution in [-0.4, -0.2) is 13.1 Å². The molecule has 0 radical (unpaired) electrons. The zero-order valence-electron chi connectivity index (χ0n) is 12.0. The van der Waals surface area contributed by atoms with E-state index >= 15 is 0 Å². The van der Waals surface area contributed by atoms with Gasteiger partial charge in [-0.3, -0.25) is 5.32 Å². The predicted molar refractivity (Wildman–Crippen MR) is 84.2 cm³/mol. The first-order chi connectivity index (χ1) is 10.1. The second-order valence-corrected chi connectivity index (χ2v) is 5.24. The molecule has 0 spiro atoms. The number of halogens is 1. The number of carbonyl (C=O) groups is 1. The van der Waals surface area contributed by atoms with Gasteiger partial charge in [0.25, 0.3) is 0 Å². The Bertz CT molecular complexity index is 583. The molecule has 1 N–H and O–H groups in total. The van der Waals surface area contributed by atoms with Gasteiger partial charge < -0.3 is 4.74 Å². The van der Waals surface area contributed by atoms with E-state index in [1.54, 1.807) is 0 Å². The van der Waals surface area contributed by atoms with Gasteiger partial charge in [0, 0.05) is 11.1 Å². The Morgan fingerprint density at radius 3 is 2.24 bits per heavy atom. The number of hydrogen-bond acceptors (Lipinski definition) is 3. The standard InChI is InChI=1S/C17H18ClNO2/c1-12(13-8-10-15(18)11-9-13)19-16(17(20)21-2)14-6-4-3-5-7-14/h3-12,16,19H,1-2H3. The summed E-state index contributed by atoms with van der Waals surface area (Å²) in [5.41, 5.74) is 1.94. The second kappa shape index (κ2) is 7.25. The molecule has 0 saturated heterocycles. The van der Waals surface area contributed by atoms with E-state index in [4.69, 9.17) is 16.3 Å². The topological polar surface area (TPSA) is 38.3 Å². The predicted octanol–water partition coefficient (Wildman–Crippen LogP) is 3.90. The average molecular weight is 304 g/mol. The van der Waals surface area contributed by atoms with Crippen LogP contribution in [0, 0.1) is 0 Å². The van der Waals surface area contributed by atoms with E-state index in [2.05, 4.69) is 5.32 Å². The van der Waals surface area contributed by atoms with E-state index in [-0.39, 0.29) is 12.0 Å². The molecular formula is C17H18ClNO2. The highest BCUT2D eigenvalue weighted by Crippen LogP contribution is 2.22. The van der Waals surface area contributed by atoms with Crippen LogP contribution in [0.5, 0.6) is 0 Å². The van der Waals surface area contributed by atoms with Gasteiger partial charge in [-0.1, -0.05) is 54.1 Å². The number of esters is 1. The molecule has 2 unspecified atom stereocenters. The van der Waals surface area contributed by atoms with Crippen molar-refractivity contribution in [2.24, 2.45) is 0 Å². The average Bonchev–Trinajstić information content (AvgIpc) is 2.53. The van der Waals surface area contributed by atoms with Crippen LogP contribution in [0.15, 0.2) is 54.6 Å². The van der Waals surface area contributed by atoms with Gasteiger partial charge in [0.2, 0.25) is 0 Å². The highest BCUT2D eigenvalue weighted by atomic mass is 35.5. The molecule has 0 aliphatic heterocycles. The lowest BCUT2D eigenvalue weighted by Gasteiger charge is -2.22. The third kappa shape index (κ3) is 4.06. The number of hydrogen-bond donors (Lipinski definition) is 1. The molecule has 3 nitrogen and oxygen atoms in total. The second-order valence-electron chi connectivity index (χ2n) is 4.81. The molecule has 0 aromatic heterocycles. The van der Waals surface area contributed by atoms with Gasteiger partial charge in [0.1, 0.15) is 6.04 Å². The maximum atomic E-state index is 12.0. The van der Waals surface area contributed by atoms with Crippen molar-refractivity contribution in [1.29, 1.82) is 0 Å². The first-order valence-corrected chi connectivity index (χ1v) is 7.14. The number of methoxy groups -OCH3 is 1. The van der Waals surface area contributed by atoms with Crippen LogP contribution in [0.3, 0.4) is 0 Å². The quantitative estimate of drug-likeness (QED) is 0.851.